The second kappa shape index (κ2) is 7.78. The van der Waals surface area contributed by atoms with Crippen molar-refractivity contribution in [3.05, 3.63) is 36.0 Å². The van der Waals surface area contributed by atoms with Gasteiger partial charge in [-0.05, 0) is 40.0 Å². The van der Waals surface area contributed by atoms with Crippen LogP contribution in [-0.2, 0) is 0 Å². The van der Waals surface area contributed by atoms with Crippen molar-refractivity contribution >= 4 is 6.21 Å². The molecule has 0 aliphatic heterocycles. The molecule has 0 bridgehead atoms. The normalized spacial score (nSPS) is 12.9. The SMILES string of the molecule is CC(C)=CCC/C(C)=C\CC(C)(C)/C=N\n1cnnc1. The van der Waals surface area contributed by atoms with Crippen LogP contribution in [0.3, 0.4) is 0 Å². The van der Waals surface area contributed by atoms with Crippen LogP contribution in [0.5, 0.6) is 0 Å². The summed E-state index contributed by atoms with van der Waals surface area (Å²) in [7, 11) is 0. The molecule has 0 radical (unpaired) electrons. The number of hydrogen-bond donors (Lipinski definition) is 0. The lowest BCUT2D eigenvalue weighted by molar-refractivity contribution is 0.538. The Hall–Kier alpha value is -1.71. The second-order valence-corrected chi connectivity index (χ2v) is 6.15. The van der Waals surface area contributed by atoms with E-state index in [1.54, 1.807) is 17.3 Å². The van der Waals surface area contributed by atoms with Crippen LogP contribution in [0.1, 0.15) is 53.9 Å². The number of aromatic nitrogens is 3. The highest BCUT2D eigenvalue weighted by Gasteiger charge is 2.13. The summed E-state index contributed by atoms with van der Waals surface area (Å²) in [6, 6.07) is 0. The molecule has 0 aliphatic rings. The zero-order valence-corrected chi connectivity index (χ0v) is 13.3. The molecule has 0 aliphatic carbocycles. The van der Waals surface area contributed by atoms with E-state index < -0.39 is 0 Å². The molecule has 0 spiro atoms. The van der Waals surface area contributed by atoms with E-state index in [1.807, 2.05) is 6.21 Å². The summed E-state index contributed by atoms with van der Waals surface area (Å²) < 4.78 is 1.62. The fraction of sp³-hybridized carbons (Fsp3) is 0.562. The molecule has 1 aromatic rings. The van der Waals surface area contributed by atoms with E-state index in [-0.39, 0.29) is 5.41 Å². The second-order valence-electron chi connectivity index (χ2n) is 6.15. The van der Waals surface area contributed by atoms with Crippen LogP contribution in [-0.4, -0.2) is 21.1 Å². The van der Waals surface area contributed by atoms with Crippen LogP contribution < -0.4 is 0 Å². The van der Waals surface area contributed by atoms with Crippen LogP contribution in [0.15, 0.2) is 41.1 Å². The molecule has 0 saturated carbocycles. The predicted octanol–water partition coefficient (Wildman–Crippen LogP) is 4.22. The molecule has 1 aromatic heterocycles. The van der Waals surface area contributed by atoms with E-state index in [4.69, 9.17) is 0 Å². The van der Waals surface area contributed by atoms with Gasteiger partial charge < -0.3 is 0 Å². The van der Waals surface area contributed by atoms with Crippen molar-refractivity contribution < 1.29 is 0 Å². The Bertz CT molecular complexity index is 475. The first kappa shape index (κ1) is 16.3. The molecule has 0 N–H and O–H groups in total. The van der Waals surface area contributed by atoms with Crippen molar-refractivity contribution in [2.45, 2.75) is 53.9 Å². The summed E-state index contributed by atoms with van der Waals surface area (Å²) in [4.78, 5) is 0. The highest BCUT2D eigenvalue weighted by Crippen LogP contribution is 2.20. The van der Waals surface area contributed by atoms with Gasteiger partial charge in [-0.3, -0.25) is 0 Å². The third kappa shape index (κ3) is 7.02. The summed E-state index contributed by atoms with van der Waals surface area (Å²) in [5.41, 5.74) is 2.86. The lowest BCUT2D eigenvalue weighted by Gasteiger charge is -2.17. The molecule has 4 heteroatoms. The van der Waals surface area contributed by atoms with Gasteiger partial charge >= 0.3 is 0 Å². The van der Waals surface area contributed by atoms with Crippen LogP contribution in [0, 0.1) is 5.41 Å². The van der Waals surface area contributed by atoms with Gasteiger partial charge in [-0.1, -0.05) is 37.1 Å². The van der Waals surface area contributed by atoms with Gasteiger partial charge in [-0.25, -0.2) is 4.68 Å². The first-order chi connectivity index (χ1) is 9.39. The van der Waals surface area contributed by atoms with E-state index in [9.17, 15) is 0 Å². The average Bonchev–Trinajstić information content (AvgIpc) is 2.87. The molecular formula is C16H26N4. The Balaban J connectivity index is 2.47. The van der Waals surface area contributed by atoms with Gasteiger partial charge in [0, 0.05) is 11.6 Å². The lowest BCUT2D eigenvalue weighted by Crippen LogP contribution is -2.12. The maximum Gasteiger partial charge on any atom is 0.141 e. The van der Waals surface area contributed by atoms with Gasteiger partial charge in [0.2, 0.25) is 0 Å². The van der Waals surface area contributed by atoms with Crippen LogP contribution in [0.25, 0.3) is 0 Å². The summed E-state index contributed by atoms with van der Waals surface area (Å²) in [6.07, 6.45) is 13.0. The summed E-state index contributed by atoms with van der Waals surface area (Å²) in [5, 5.41) is 11.8. The first-order valence-corrected chi connectivity index (χ1v) is 7.08. The maximum absolute atomic E-state index is 4.33. The van der Waals surface area contributed by atoms with Crippen molar-refractivity contribution in [1.29, 1.82) is 0 Å². The Labute approximate surface area is 122 Å². The Kier molecular flexibility index (Phi) is 6.36. The molecule has 0 fully saturated rings. The van der Waals surface area contributed by atoms with Crippen LogP contribution >= 0.6 is 0 Å². The van der Waals surface area contributed by atoms with E-state index in [0.717, 1.165) is 19.3 Å². The van der Waals surface area contributed by atoms with Crippen molar-refractivity contribution in [3.8, 4) is 0 Å². The predicted molar refractivity (Wildman–Crippen MR) is 84.7 cm³/mol. The summed E-state index contributed by atoms with van der Waals surface area (Å²) >= 11 is 0. The molecule has 1 rings (SSSR count). The molecule has 0 aromatic carbocycles. The molecule has 0 unspecified atom stereocenters. The van der Waals surface area contributed by atoms with Gasteiger partial charge in [-0.15, -0.1) is 10.2 Å². The summed E-state index contributed by atoms with van der Waals surface area (Å²) in [6.45, 7) is 10.8. The standard InChI is InChI=1S/C16H26N4/c1-14(2)7-6-8-15(3)9-10-16(4,5)11-19-20-12-17-18-13-20/h7,9,11-13H,6,8,10H2,1-5H3/b15-9-,19-11-. The summed E-state index contributed by atoms with van der Waals surface area (Å²) in [5.74, 6) is 0. The number of allylic oxidation sites excluding steroid dienone is 4. The van der Waals surface area contributed by atoms with Crippen LogP contribution in [0.4, 0.5) is 0 Å². The van der Waals surface area contributed by atoms with Crippen LogP contribution in [0.2, 0.25) is 0 Å². The number of rotatable bonds is 7. The maximum atomic E-state index is 4.33. The fourth-order valence-corrected chi connectivity index (χ4v) is 1.66. The minimum Gasteiger partial charge on any atom is -0.208 e. The topological polar surface area (TPSA) is 43.1 Å². The minimum absolute atomic E-state index is 0.0298. The fourth-order valence-electron chi connectivity index (χ4n) is 1.66. The van der Waals surface area contributed by atoms with E-state index in [0.29, 0.717) is 0 Å². The van der Waals surface area contributed by atoms with Crippen molar-refractivity contribution in [1.82, 2.24) is 14.9 Å². The number of nitrogens with zero attached hydrogens (tertiary/aromatic N) is 4. The molecule has 0 saturated heterocycles. The Morgan fingerprint density at radius 1 is 1.15 bits per heavy atom. The smallest absolute Gasteiger partial charge is 0.141 e. The van der Waals surface area contributed by atoms with Gasteiger partial charge in [-0.2, -0.15) is 5.10 Å². The van der Waals surface area contributed by atoms with Gasteiger partial charge in [0.05, 0.1) is 0 Å². The number of hydrogen-bond acceptors (Lipinski definition) is 3. The molecule has 0 atom stereocenters. The molecule has 4 nitrogen and oxygen atoms in total. The third-order valence-corrected chi connectivity index (χ3v) is 3.01. The van der Waals surface area contributed by atoms with E-state index in [1.165, 1.54) is 11.1 Å². The molecule has 0 amide bonds. The van der Waals surface area contributed by atoms with Gasteiger partial charge in [0.25, 0.3) is 0 Å². The zero-order chi connectivity index (χ0) is 15.0. The van der Waals surface area contributed by atoms with Crippen molar-refractivity contribution in [2.24, 2.45) is 10.5 Å². The Morgan fingerprint density at radius 2 is 1.80 bits per heavy atom. The third-order valence-electron chi connectivity index (χ3n) is 3.01. The first-order valence-electron chi connectivity index (χ1n) is 7.08. The van der Waals surface area contributed by atoms with E-state index in [2.05, 4.69) is 62.1 Å². The Morgan fingerprint density at radius 3 is 2.40 bits per heavy atom. The monoisotopic (exact) mass is 274 g/mol. The molecule has 1 heterocycles. The average molecular weight is 274 g/mol. The molecule has 110 valence electrons. The quantitative estimate of drug-likeness (QED) is 0.552. The molecule has 20 heavy (non-hydrogen) atoms. The minimum atomic E-state index is 0.0298. The highest BCUT2D eigenvalue weighted by atomic mass is 15.4. The lowest BCUT2D eigenvalue weighted by atomic mass is 9.89. The van der Waals surface area contributed by atoms with E-state index >= 15 is 0 Å². The largest absolute Gasteiger partial charge is 0.208 e. The van der Waals surface area contributed by atoms with Gasteiger partial charge in [0.15, 0.2) is 0 Å². The van der Waals surface area contributed by atoms with Crippen molar-refractivity contribution in [2.75, 3.05) is 0 Å². The molecular weight excluding hydrogens is 248 g/mol. The highest BCUT2D eigenvalue weighted by molar-refractivity contribution is 5.64. The van der Waals surface area contributed by atoms with Crippen molar-refractivity contribution in [3.63, 3.8) is 0 Å². The van der Waals surface area contributed by atoms with Gasteiger partial charge in [0.1, 0.15) is 12.7 Å². The zero-order valence-electron chi connectivity index (χ0n) is 13.3.